The van der Waals surface area contributed by atoms with Crippen LogP contribution < -0.4 is 10.2 Å². The molecule has 0 fully saturated rings. The maximum absolute atomic E-state index is 14.2. The molecule has 0 amide bonds. The van der Waals surface area contributed by atoms with Gasteiger partial charge in [0.05, 0.1) is 5.56 Å². The lowest BCUT2D eigenvalue weighted by Crippen LogP contribution is -2.09. The van der Waals surface area contributed by atoms with E-state index in [1.54, 1.807) is 19.0 Å². The van der Waals surface area contributed by atoms with Crippen LogP contribution in [0.3, 0.4) is 0 Å². The Morgan fingerprint density at radius 1 is 1.07 bits per heavy atom. The minimum atomic E-state index is -4.72. The summed E-state index contributed by atoms with van der Waals surface area (Å²) in [6.07, 6.45) is -4.72. The number of alkyl halides is 3. The summed E-state index contributed by atoms with van der Waals surface area (Å²) < 4.78 is 67.2. The average Bonchev–Trinajstić information content (AvgIpc) is 3.02. The molecule has 2 heterocycles. The van der Waals surface area contributed by atoms with Gasteiger partial charge in [0.1, 0.15) is 22.3 Å². The lowest BCUT2D eigenvalue weighted by atomic mass is 10.1. The van der Waals surface area contributed by atoms with Crippen molar-refractivity contribution in [2.24, 2.45) is 0 Å². The number of aryl methyl sites for hydroxylation is 1. The normalized spacial score (nSPS) is 11.6. The van der Waals surface area contributed by atoms with E-state index >= 15 is 0 Å². The molecule has 0 aliphatic carbocycles. The first-order chi connectivity index (χ1) is 13.5. The quantitative estimate of drug-likeness (QED) is 0.411. The molecule has 3 aromatic rings. The molecule has 154 valence electrons. The molecular weight excluding hydrogens is 437 g/mol. The summed E-state index contributed by atoms with van der Waals surface area (Å²) in [7, 11) is 3.30. The minimum Gasteiger partial charge on any atom is -0.368 e. The highest BCUT2D eigenvalue weighted by Gasteiger charge is 2.32. The summed E-state index contributed by atoms with van der Waals surface area (Å²) in [5.74, 6) is -1.97. The van der Waals surface area contributed by atoms with Gasteiger partial charge in [0.25, 0.3) is 0 Å². The summed E-state index contributed by atoms with van der Waals surface area (Å²) in [6, 6.07) is 2.17. The first-order valence-electron chi connectivity index (χ1n) is 7.98. The minimum absolute atomic E-state index is 0.0669. The molecule has 29 heavy (non-hydrogen) atoms. The molecule has 0 spiro atoms. The van der Waals surface area contributed by atoms with Gasteiger partial charge in [0, 0.05) is 19.7 Å². The van der Waals surface area contributed by atoms with Gasteiger partial charge < -0.3 is 10.2 Å². The van der Waals surface area contributed by atoms with Crippen molar-refractivity contribution in [3.8, 4) is 11.3 Å². The van der Waals surface area contributed by atoms with Gasteiger partial charge >= 0.3 is 6.18 Å². The number of halogens is 6. The number of aromatic nitrogens is 3. The van der Waals surface area contributed by atoms with Crippen LogP contribution in [0.15, 0.2) is 18.2 Å². The Hall–Kier alpha value is -2.53. The SMILES string of the molecule is Cc1nc(Cl)c(F)c(Nc2nc(-c3cc(F)cc(C(F)(F)F)c3)c(N(C)C)s2)n1. The van der Waals surface area contributed by atoms with E-state index in [2.05, 4.69) is 20.3 Å². The zero-order valence-electron chi connectivity index (χ0n) is 15.2. The number of thiazole rings is 1. The molecule has 0 radical (unpaired) electrons. The van der Waals surface area contributed by atoms with E-state index in [4.69, 9.17) is 11.6 Å². The fraction of sp³-hybridized carbons (Fsp3) is 0.235. The first kappa shape index (κ1) is 21.2. The number of hydrogen-bond acceptors (Lipinski definition) is 6. The molecule has 0 aliphatic heterocycles. The molecule has 0 unspecified atom stereocenters. The summed E-state index contributed by atoms with van der Waals surface area (Å²) in [6.45, 7) is 1.51. The topological polar surface area (TPSA) is 53.9 Å². The molecule has 0 aliphatic rings. The number of anilines is 3. The van der Waals surface area contributed by atoms with Gasteiger partial charge in [-0.25, -0.2) is 19.3 Å². The van der Waals surface area contributed by atoms with Crippen molar-refractivity contribution in [3.63, 3.8) is 0 Å². The zero-order valence-corrected chi connectivity index (χ0v) is 16.8. The van der Waals surface area contributed by atoms with Crippen LogP contribution in [0.2, 0.25) is 5.15 Å². The molecule has 0 atom stereocenters. The highest BCUT2D eigenvalue weighted by Crippen LogP contribution is 2.41. The Bertz CT molecular complexity index is 1070. The molecule has 1 N–H and O–H groups in total. The van der Waals surface area contributed by atoms with Gasteiger partial charge in [-0.1, -0.05) is 22.9 Å². The van der Waals surface area contributed by atoms with Crippen molar-refractivity contribution in [1.82, 2.24) is 15.0 Å². The summed E-state index contributed by atoms with van der Waals surface area (Å²) >= 11 is 6.73. The van der Waals surface area contributed by atoms with Gasteiger partial charge in [-0.05, 0) is 25.1 Å². The van der Waals surface area contributed by atoms with Gasteiger partial charge in [0.15, 0.2) is 16.1 Å². The third-order valence-corrected chi connectivity index (χ3v) is 5.05. The Morgan fingerprint density at radius 2 is 1.76 bits per heavy atom. The molecule has 1 aromatic carbocycles. The first-order valence-corrected chi connectivity index (χ1v) is 9.18. The fourth-order valence-corrected chi connectivity index (χ4v) is 3.58. The van der Waals surface area contributed by atoms with Gasteiger partial charge in [-0.2, -0.15) is 17.6 Å². The smallest absolute Gasteiger partial charge is 0.368 e. The van der Waals surface area contributed by atoms with Gasteiger partial charge in [-0.3, -0.25) is 0 Å². The predicted octanol–water partition coefficient (Wildman–Crippen LogP) is 5.67. The highest BCUT2D eigenvalue weighted by atomic mass is 35.5. The van der Waals surface area contributed by atoms with E-state index in [1.165, 1.54) is 6.92 Å². The molecule has 0 saturated carbocycles. The van der Waals surface area contributed by atoms with Crippen LogP contribution in [-0.2, 0) is 6.18 Å². The van der Waals surface area contributed by atoms with Crippen molar-refractivity contribution in [2.45, 2.75) is 13.1 Å². The number of nitrogens with zero attached hydrogens (tertiary/aromatic N) is 4. The molecule has 0 bridgehead atoms. The van der Waals surface area contributed by atoms with E-state index in [9.17, 15) is 22.0 Å². The summed E-state index contributed by atoms with van der Waals surface area (Å²) in [5.41, 5.74) is -1.10. The predicted molar refractivity (Wildman–Crippen MR) is 102 cm³/mol. The maximum Gasteiger partial charge on any atom is 0.416 e. The van der Waals surface area contributed by atoms with Crippen LogP contribution in [0.5, 0.6) is 0 Å². The van der Waals surface area contributed by atoms with Crippen molar-refractivity contribution in [1.29, 1.82) is 0 Å². The zero-order chi connectivity index (χ0) is 21.5. The standard InChI is InChI=1S/C17H13ClF5N5S/c1-7-24-13(18)11(20)14(25-7)27-16-26-12(15(29-16)28(2)3)8-4-9(17(21,22)23)6-10(19)5-8/h4-6H,1-3H3,(H,24,25,26,27). The molecule has 3 rings (SSSR count). The third kappa shape index (κ3) is 4.56. The maximum atomic E-state index is 14.2. The Labute approximate surface area is 171 Å². The number of benzene rings is 1. The number of rotatable bonds is 4. The van der Waals surface area contributed by atoms with E-state index < -0.39 is 23.4 Å². The number of hydrogen-bond donors (Lipinski definition) is 1. The Morgan fingerprint density at radius 3 is 2.38 bits per heavy atom. The molecule has 2 aromatic heterocycles. The van der Waals surface area contributed by atoms with E-state index in [0.717, 1.165) is 23.5 Å². The molecule has 5 nitrogen and oxygen atoms in total. The van der Waals surface area contributed by atoms with Crippen LogP contribution in [0.1, 0.15) is 11.4 Å². The van der Waals surface area contributed by atoms with Crippen LogP contribution in [0.4, 0.5) is 37.9 Å². The van der Waals surface area contributed by atoms with Crippen molar-refractivity contribution in [2.75, 3.05) is 24.3 Å². The Kier molecular flexibility index (Phi) is 5.63. The van der Waals surface area contributed by atoms with Crippen LogP contribution in [-0.4, -0.2) is 29.0 Å². The number of nitrogens with one attached hydrogen (secondary N) is 1. The van der Waals surface area contributed by atoms with E-state index in [0.29, 0.717) is 11.1 Å². The van der Waals surface area contributed by atoms with Crippen molar-refractivity contribution in [3.05, 3.63) is 46.4 Å². The lowest BCUT2D eigenvalue weighted by molar-refractivity contribution is -0.137. The van der Waals surface area contributed by atoms with E-state index in [1.807, 2.05) is 0 Å². The van der Waals surface area contributed by atoms with Crippen LogP contribution in [0.25, 0.3) is 11.3 Å². The highest BCUT2D eigenvalue weighted by molar-refractivity contribution is 7.20. The second-order valence-corrected chi connectivity index (χ2v) is 7.48. The van der Waals surface area contributed by atoms with Crippen LogP contribution in [0, 0.1) is 18.6 Å². The summed E-state index contributed by atoms with van der Waals surface area (Å²) in [5, 5.41) is 2.84. The van der Waals surface area contributed by atoms with Gasteiger partial charge in [-0.15, -0.1) is 0 Å². The molecule has 0 saturated heterocycles. The van der Waals surface area contributed by atoms with Gasteiger partial charge in [0.2, 0.25) is 5.82 Å². The average molecular weight is 450 g/mol. The van der Waals surface area contributed by atoms with Crippen molar-refractivity contribution < 1.29 is 22.0 Å². The third-order valence-electron chi connectivity index (χ3n) is 3.66. The lowest BCUT2D eigenvalue weighted by Gasteiger charge is -2.13. The molecular formula is C17H13ClF5N5S. The van der Waals surface area contributed by atoms with Crippen LogP contribution >= 0.6 is 22.9 Å². The fourth-order valence-electron chi connectivity index (χ4n) is 2.46. The second-order valence-electron chi connectivity index (χ2n) is 6.14. The summed E-state index contributed by atoms with van der Waals surface area (Å²) in [4.78, 5) is 13.4. The largest absolute Gasteiger partial charge is 0.416 e. The molecule has 12 heteroatoms. The van der Waals surface area contributed by atoms with E-state index in [-0.39, 0.29) is 33.2 Å². The second kappa shape index (κ2) is 7.71. The van der Waals surface area contributed by atoms with Crippen molar-refractivity contribution >= 4 is 38.9 Å². The monoisotopic (exact) mass is 449 g/mol. The Balaban J connectivity index is 2.09.